The Morgan fingerprint density at radius 1 is 1.29 bits per heavy atom. The van der Waals surface area contributed by atoms with E-state index in [0.717, 1.165) is 23.0 Å². The van der Waals surface area contributed by atoms with Gasteiger partial charge in [0.1, 0.15) is 5.75 Å². The van der Waals surface area contributed by atoms with Crippen LogP contribution in [0.2, 0.25) is 0 Å². The van der Waals surface area contributed by atoms with E-state index in [0.29, 0.717) is 12.0 Å². The smallest absolute Gasteiger partial charge is 0.184 e. The first kappa shape index (κ1) is 14.6. The maximum atomic E-state index is 5.79. The lowest BCUT2D eigenvalue weighted by molar-refractivity contribution is 0.271. The summed E-state index contributed by atoms with van der Waals surface area (Å²) in [5, 5.41) is 4.66. The van der Waals surface area contributed by atoms with Gasteiger partial charge in [0, 0.05) is 6.04 Å². The number of fused-ring (bicyclic) bond motifs is 1. The summed E-state index contributed by atoms with van der Waals surface area (Å²) < 4.78 is 7.00. The van der Waals surface area contributed by atoms with Crippen LogP contribution < -0.4 is 10.1 Å². The van der Waals surface area contributed by atoms with Gasteiger partial charge in [0.05, 0.1) is 16.8 Å². The average molecular weight is 304 g/mol. The minimum Gasteiger partial charge on any atom is -0.493 e. The van der Waals surface area contributed by atoms with Gasteiger partial charge < -0.3 is 10.1 Å². The van der Waals surface area contributed by atoms with Crippen molar-refractivity contribution < 1.29 is 4.74 Å². The zero-order valence-corrected chi connectivity index (χ0v) is 13.7. The van der Waals surface area contributed by atoms with Crippen LogP contribution in [0.25, 0.3) is 10.2 Å². The van der Waals surface area contributed by atoms with Gasteiger partial charge in [-0.05, 0) is 37.0 Å². The molecule has 1 aromatic carbocycles. The molecule has 0 atom stereocenters. The molecule has 114 valence electrons. The van der Waals surface area contributed by atoms with Gasteiger partial charge in [0.15, 0.2) is 5.13 Å². The molecule has 1 fully saturated rings. The van der Waals surface area contributed by atoms with E-state index in [2.05, 4.69) is 31.3 Å². The van der Waals surface area contributed by atoms with Gasteiger partial charge in [0.2, 0.25) is 0 Å². The van der Waals surface area contributed by atoms with Crippen molar-refractivity contribution in [3.8, 4) is 5.75 Å². The van der Waals surface area contributed by atoms with Crippen LogP contribution in [0, 0.1) is 5.92 Å². The Morgan fingerprint density at radius 3 is 2.86 bits per heavy atom. The van der Waals surface area contributed by atoms with Crippen molar-refractivity contribution in [1.29, 1.82) is 0 Å². The molecule has 0 bridgehead atoms. The van der Waals surface area contributed by atoms with Crippen LogP contribution in [-0.4, -0.2) is 17.6 Å². The third-order valence-electron chi connectivity index (χ3n) is 3.88. The van der Waals surface area contributed by atoms with Gasteiger partial charge >= 0.3 is 0 Å². The van der Waals surface area contributed by atoms with E-state index in [-0.39, 0.29) is 0 Å². The first-order chi connectivity index (χ1) is 10.2. The van der Waals surface area contributed by atoms with Crippen LogP contribution in [-0.2, 0) is 0 Å². The molecule has 0 radical (unpaired) electrons. The summed E-state index contributed by atoms with van der Waals surface area (Å²) in [5.74, 6) is 1.50. The molecule has 2 aromatic rings. The number of benzene rings is 1. The Kier molecular flexibility index (Phi) is 4.63. The van der Waals surface area contributed by atoms with Gasteiger partial charge in [0.25, 0.3) is 0 Å². The van der Waals surface area contributed by atoms with E-state index in [1.54, 1.807) is 11.3 Å². The second-order valence-corrected chi connectivity index (χ2v) is 7.36. The second-order valence-electron chi connectivity index (χ2n) is 6.33. The molecule has 1 aromatic heterocycles. The van der Waals surface area contributed by atoms with Crippen molar-refractivity contribution in [2.75, 3.05) is 11.9 Å². The third-order valence-corrected chi connectivity index (χ3v) is 4.83. The number of thiazole rings is 1. The zero-order chi connectivity index (χ0) is 14.7. The van der Waals surface area contributed by atoms with Gasteiger partial charge in [-0.15, -0.1) is 0 Å². The van der Waals surface area contributed by atoms with E-state index >= 15 is 0 Å². The lowest BCUT2D eigenvalue weighted by Crippen LogP contribution is -2.21. The van der Waals surface area contributed by atoms with Crippen LogP contribution in [0.5, 0.6) is 5.75 Å². The van der Waals surface area contributed by atoms with Gasteiger partial charge in [-0.1, -0.05) is 44.4 Å². The SMILES string of the molecule is CC(C)COc1ccc2nc(NC3CCCCC3)sc2c1. The Morgan fingerprint density at radius 2 is 2.10 bits per heavy atom. The van der Waals surface area contributed by atoms with Gasteiger partial charge in [-0.2, -0.15) is 0 Å². The van der Waals surface area contributed by atoms with Gasteiger partial charge in [-0.25, -0.2) is 4.98 Å². The Hall–Kier alpha value is -1.29. The normalized spacial score (nSPS) is 16.5. The molecular formula is C17H24N2OS. The molecule has 1 N–H and O–H groups in total. The highest BCUT2D eigenvalue weighted by Gasteiger charge is 2.15. The molecule has 1 heterocycles. The summed E-state index contributed by atoms with van der Waals surface area (Å²) in [6, 6.07) is 6.81. The largest absolute Gasteiger partial charge is 0.493 e. The summed E-state index contributed by atoms with van der Waals surface area (Å²) in [6.07, 6.45) is 6.62. The van der Waals surface area contributed by atoms with Crippen molar-refractivity contribution in [3.63, 3.8) is 0 Å². The molecule has 4 heteroatoms. The summed E-state index contributed by atoms with van der Waals surface area (Å²) in [7, 11) is 0. The predicted octanol–water partition coefficient (Wildman–Crippen LogP) is 5.08. The maximum Gasteiger partial charge on any atom is 0.184 e. The summed E-state index contributed by atoms with van der Waals surface area (Å²) >= 11 is 1.74. The monoisotopic (exact) mass is 304 g/mol. The maximum absolute atomic E-state index is 5.79. The molecule has 0 unspecified atom stereocenters. The minimum absolute atomic E-state index is 0.547. The fraction of sp³-hybridized carbons (Fsp3) is 0.588. The van der Waals surface area contributed by atoms with Crippen molar-refractivity contribution >= 4 is 26.7 Å². The number of anilines is 1. The summed E-state index contributed by atoms with van der Waals surface area (Å²) in [5.41, 5.74) is 1.07. The molecule has 0 spiro atoms. The van der Waals surface area contributed by atoms with Crippen LogP contribution in [0.15, 0.2) is 18.2 Å². The van der Waals surface area contributed by atoms with E-state index in [1.807, 2.05) is 6.07 Å². The lowest BCUT2D eigenvalue weighted by atomic mass is 9.96. The predicted molar refractivity (Wildman–Crippen MR) is 90.4 cm³/mol. The van der Waals surface area contributed by atoms with E-state index in [1.165, 1.54) is 36.8 Å². The minimum atomic E-state index is 0.547. The van der Waals surface area contributed by atoms with Crippen molar-refractivity contribution in [1.82, 2.24) is 4.98 Å². The van der Waals surface area contributed by atoms with Crippen LogP contribution in [0.4, 0.5) is 5.13 Å². The number of ether oxygens (including phenoxy) is 1. The van der Waals surface area contributed by atoms with Gasteiger partial charge in [-0.3, -0.25) is 0 Å². The molecular weight excluding hydrogens is 280 g/mol. The highest BCUT2D eigenvalue weighted by atomic mass is 32.1. The molecule has 0 aliphatic heterocycles. The number of aromatic nitrogens is 1. The lowest BCUT2D eigenvalue weighted by Gasteiger charge is -2.22. The summed E-state index contributed by atoms with van der Waals surface area (Å²) in [4.78, 5) is 4.70. The number of hydrogen-bond donors (Lipinski definition) is 1. The third kappa shape index (κ3) is 3.88. The molecule has 1 aliphatic carbocycles. The molecule has 1 saturated carbocycles. The van der Waals surface area contributed by atoms with E-state index < -0.39 is 0 Å². The fourth-order valence-electron chi connectivity index (χ4n) is 2.74. The Balaban J connectivity index is 1.70. The average Bonchev–Trinajstić information content (AvgIpc) is 2.87. The zero-order valence-electron chi connectivity index (χ0n) is 12.9. The van der Waals surface area contributed by atoms with Crippen LogP contribution >= 0.6 is 11.3 Å². The first-order valence-corrected chi connectivity index (χ1v) is 8.82. The van der Waals surface area contributed by atoms with Crippen molar-refractivity contribution in [2.45, 2.75) is 52.0 Å². The number of rotatable bonds is 5. The van der Waals surface area contributed by atoms with Crippen molar-refractivity contribution in [3.05, 3.63) is 18.2 Å². The Labute approximate surface area is 130 Å². The second kappa shape index (κ2) is 6.65. The first-order valence-electron chi connectivity index (χ1n) is 8.00. The Bertz CT molecular complexity index is 587. The molecule has 0 amide bonds. The van der Waals surface area contributed by atoms with Crippen molar-refractivity contribution in [2.24, 2.45) is 5.92 Å². The number of hydrogen-bond acceptors (Lipinski definition) is 4. The fourth-order valence-corrected chi connectivity index (χ4v) is 3.71. The highest BCUT2D eigenvalue weighted by molar-refractivity contribution is 7.22. The van der Waals surface area contributed by atoms with E-state index in [4.69, 9.17) is 9.72 Å². The quantitative estimate of drug-likeness (QED) is 0.837. The molecule has 3 nitrogen and oxygen atoms in total. The number of nitrogens with one attached hydrogen (secondary N) is 1. The molecule has 21 heavy (non-hydrogen) atoms. The topological polar surface area (TPSA) is 34.1 Å². The van der Waals surface area contributed by atoms with Crippen LogP contribution in [0.3, 0.4) is 0 Å². The number of nitrogens with zero attached hydrogens (tertiary/aromatic N) is 1. The molecule has 3 rings (SSSR count). The highest BCUT2D eigenvalue weighted by Crippen LogP contribution is 2.31. The van der Waals surface area contributed by atoms with Crippen LogP contribution in [0.1, 0.15) is 46.0 Å². The summed E-state index contributed by atoms with van der Waals surface area (Å²) in [6.45, 7) is 5.09. The standard InChI is InChI=1S/C17H24N2OS/c1-12(2)11-20-14-8-9-15-16(10-14)21-17(19-15)18-13-6-4-3-5-7-13/h8-10,12-13H,3-7,11H2,1-2H3,(H,18,19). The molecule has 1 aliphatic rings. The van der Waals surface area contributed by atoms with E-state index in [9.17, 15) is 0 Å². The molecule has 0 saturated heterocycles.